The van der Waals surface area contributed by atoms with E-state index in [-0.39, 0.29) is 0 Å². The first-order valence-electron chi connectivity index (χ1n) is 3.64. The van der Waals surface area contributed by atoms with Crippen LogP contribution in [0.15, 0.2) is 4.79 Å². The Morgan fingerprint density at radius 1 is 1.38 bits per heavy atom. The van der Waals surface area contributed by atoms with Crippen molar-refractivity contribution in [2.24, 2.45) is 5.84 Å². The van der Waals surface area contributed by atoms with E-state index >= 15 is 0 Å². The minimum atomic E-state index is -0.480. The van der Waals surface area contributed by atoms with E-state index in [1.165, 1.54) is 0 Å². The van der Waals surface area contributed by atoms with Crippen LogP contribution in [0.2, 0.25) is 0 Å². The molecule has 2 aromatic rings. The van der Waals surface area contributed by atoms with E-state index in [9.17, 15) is 4.79 Å². The van der Waals surface area contributed by atoms with Crippen molar-refractivity contribution in [3.8, 4) is 0 Å². The molecule has 0 saturated carbocycles. The molecular formula is C6H8N6O. The van der Waals surface area contributed by atoms with Gasteiger partial charge in [0.15, 0.2) is 11.5 Å². The van der Waals surface area contributed by atoms with Gasteiger partial charge in [-0.1, -0.05) is 0 Å². The highest BCUT2D eigenvalue weighted by atomic mass is 16.1. The molecule has 0 spiro atoms. The van der Waals surface area contributed by atoms with Gasteiger partial charge in [0.05, 0.1) is 0 Å². The first-order chi connectivity index (χ1) is 6.20. The van der Waals surface area contributed by atoms with Gasteiger partial charge in [-0.25, -0.2) is 15.6 Å². The maximum Gasteiger partial charge on any atom is 0.348 e. The van der Waals surface area contributed by atoms with Crippen LogP contribution in [0.5, 0.6) is 0 Å². The summed E-state index contributed by atoms with van der Waals surface area (Å²) >= 11 is 0. The Balaban J connectivity index is 2.88. The van der Waals surface area contributed by atoms with Gasteiger partial charge in [-0.15, -0.1) is 0 Å². The summed E-state index contributed by atoms with van der Waals surface area (Å²) in [6, 6.07) is 0. The standard InChI is InChI=1S/C6H8N6O/c1-2-8-3-4(9-2)10-6(13)11-5(3)12-7/h7H2,1H3,(H3,8,9,10,11,12,13). The lowest BCUT2D eigenvalue weighted by Crippen LogP contribution is -2.17. The van der Waals surface area contributed by atoms with E-state index in [0.29, 0.717) is 22.8 Å². The van der Waals surface area contributed by atoms with Crippen molar-refractivity contribution in [2.45, 2.75) is 6.92 Å². The highest BCUT2D eigenvalue weighted by molar-refractivity contribution is 5.82. The van der Waals surface area contributed by atoms with Crippen LogP contribution in [0.3, 0.4) is 0 Å². The van der Waals surface area contributed by atoms with Crippen LogP contribution in [0.4, 0.5) is 5.82 Å². The molecule has 0 atom stereocenters. The topological polar surface area (TPSA) is 112 Å². The van der Waals surface area contributed by atoms with E-state index in [1.54, 1.807) is 6.92 Å². The number of aromatic nitrogens is 4. The van der Waals surface area contributed by atoms with Crippen LogP contribution < -0.4 is 17.0 Å². The van der Waals surface area contributed by atoms with Crippen LogP contribution in [0.25, 0.3) is 11.2 Å². The molecule has 0 bridgehead atoms. The van der Waals surface area contributed by atoms with Crippen molar-refractivity contribution in [3.05, 3.63) is 16.3 Å². The summed E-state index contributed by atoms with van der Waals surface area (Å²) in [5.74, 6) is 6.16. The Morgan fingerprint density at radius 3 is 2.85 bits per heavy atom. The molecule has 0 aromatic carbocycles. The molecular weight excluding hydrogens is 172 g/mol. The van der Waals surface area contributed by atoms with E-state index in [2.05, 4.69) is 25.4 Å². The number of nitrogens with zero attached hydrogens (tertiary/aromatic N) is 2. The highest BCUT2D eigenvalue weighted by Gasteiger charge is 2.06. The lowest BCUT2D eigenvalue weighted by atomic mass is 10.5. The van der Waals surface area contributed by atoms with Gasteiger partial charge in [-0.2, -0.15) is 4.98 Å². The van der Waals surface area contributed by atoms with Gasteiger partial charge in [0, 0.05) is 0 Å². The number of imidazole rings is 1. The molecule has 0 amide bonds. The minimum Gasteiger partial charge on any atom is -0.338 e. The van der Waals surface area contributed by atoms with Gasteiger partial charge in [-0.3, -0.25) is 4.98 Å². The molecule has 13 heavy (non-hydrogen) atoms. The Morgan fingerprint density at radius 2 is 2.15 bits per heavy atom. The van der Waals surface area contributed by atoms with Gasteiger partial charge >= 0.3 is 5.69 Å². The molecule has 2 aromatic heterocycles. The maximum absolute atomic E-state index is 11.0. The summed E-state index contributed by atoms with van der Waals surface area (Å²) in [4.78, 5) is 24.0. The van der Waals surface area contributed by atoms with Crippen molar-refractivity contribution < 1.29 is 0 Å². The van der Waals surface area contributed by atoms with E-state index < -0.39 is 5.69 Å². The summed E-state index contributed by atoms with van der Waals surface area (Å²) in [5, 5.41) is 0. The van der Waals surface area contributed by atoms with Gasteiger partial charge in [0.1, 0.15) is 11.3 Å². The Kier molecular flexibility index (Phi) is 1.52. The molecule has 68 valence electrons. The zero-order valence-electron chi connectivity index (χ0n) is 6.88. The SMILES string of the molecule is Cc1nc2[nH]c(=O)nc(NN)c2[nH]1. The number of hydrazine groups is 1. The average Bonchev–Trinajstić information content (AvgIpc) is 2.43. The third-order valence-electron chi connectivity index (χ3n) is 1.63. The van der Waals surface area contributed by atoms with Crippen molar-refractivity contribution in [3.63, 3.8) is 0 Å². The molecule has 5 N–H and O–H groups in total. The molecule has 2 heterocycles. The number of hydrogen-bond donors (Lipinski definition) is 4. The predicted molar refractivity (Wildman–Crippen MR) is 47.1 cm³/mol. The van der Waals surface area contributed by atoms with Gasteiger partial charge in [0.2, 0.25) is 0 Å². The fourth-order valence-electron chi connectivity index (χ4n) is 1.14. The van der Waals surface area contributed by atoms with Crippen molar-refractivity contribution in [1.29, 1.82) is 0 Å². The second-order valence-corrected chi connectivity index (χ2v) is 2.58. The van der Waals surface area contributed by atoms with Crippen LogP contribution in [-0.4, -0.2) is 19.9 Å². The fraction of sp³-hybridized carbons (Fsp3) is 0.167. The van der Waals surface area contributed by atoms with Crippen molar-refractivity contribution in [2.75, 3.05) is 5.43 Å². The number of aryl methyl sites for hydroxylation is 1. The quantitative estimate of drug-likeness (QED) is 0.340. The summed E-state index contributed by atoms with van der Waals surface area (Å²) in [5.41, 5.74) is 2.89. The Hall–Kier alpha value is -1.89. The summed E-state index contributed by atoms with van der Waals surface area (Å²) in [6.45, 7) is 1.78. The van der Waals surface area contributed by atoms with Gasteiger partial charge in [-0.05, 0) is 6.92 Å². The first kappa shape index (κ1) is 7.74. The van der Waals surface area contributed by atoms with E-state index in [1.807, 2.05) is 0 Å². The molecule has 7 nitrogen and oxygen atoms in total. The van der Waals surface area contributed by atoms with Gasteiger partial charge < -0.3 is 10.4 Å². The number of fused-ring (bicyclic) bond motifs is 1. The summed E-state index contributed by atoms with van der Waals surface area (Å²) in [6.07, 6.45) is 0. The highest BCUT2D eigenvalue weighted by Crippen LogP contribution is 2.12. The number of aromatic amines is 2. The lowest BCUT2D eigenvalue weighted by Gasteiger charge is -1.96. The largest absolute Gasteiger partial charge is 0.348 e. The number of rotatable bonds is 1. The smallest absolute Gasteiger partial charge is 0.338 e. The molecule has 7 heteroatoms. The zero-order chi connectivity index (χ0) is 9.42. The normalized spacial score (nSPS) is 10.6. The van der Waals surface area contributed by atoms with Crippen LogP contribution in [-0.2, 0) is 0 Å². The number of nitrogen functional groups attached to an aromatic ring is 1. The van der Waals surface area contributed by atoms with Crippen LogP contribution in [0.1, 0.15) is 5.82 Å². The molecule has 0 saturated heterocycles. The third-order valence-corrected chi connectivity index (χ3v) is 1.63. The fourth-order valence-corrected chi connectivity index (χ4v) is 1.14. The average molecular weight is 180 g/mol. The maximum atomic E-state index is 11.0. The number of nitrogens with one attached hydrogen (secondary N) is 3. The molecule has 0 unspecified atom stereocenters. The zero-order valence-corrected chi connectivity index (χ0v) is 6.88. The third kappa shape index (κ3) is 1.14. The van der Waals surface area contributed by atoms with Gasteiger partial charge in [0.25, 0.3) is 0 Å². The molecule has 0 aliphatic carbocycles. The second kappa shape index (κ2) is 2.56. The number of anilines is 1. The number of hydrogen-bond acceptors (Lipinski definition) is 5. The van der Waals surface area contributed by atoms with Crippen LogP contribution in [0, 0.1) is 6.92 Å². The lowest BCUT2D eigenvalue weighted by molar-refractivity contribution is 1.09. The van der Waals surface area contributed by atoms with Crippen molar-refractivity contribution in [1.82, 2.24) is 19.9 Å². The first-order valence-corrected chi connectivity index (χ1v) is 3.64. The number of H-pyrrole nitrogens is 2. The predicted octanol–water partition coefficient (Wildman–Crippen LogP) is -0.760. The number of nitrogens with two attached hydrogens (primary N) is 1. The van der Waals surface area contributed by atoms with Crippen molar-refractivity contribution >= 4 is 17.0 Å². The second-order valence-electron chi connectivity index (χ2n) is 2.58. The van der Waals surface area contributed by atoms with Crippen LogP contribution >= 0.6 is 0 Å². The van der Waals surface area contributed by atoms with E-state index in [0.717, 1.165) is 0 Å². The Labute approximate surface area is 72.4 Å². The molecule has 0 aliphatic heterocycles. The minimum absolute atomic E-state index is 0.291. The summed E-state index contributed by atoms with van der Waals surface area (Å²) < 4.78 is 0. The summed E-state index contributed by atoms with van der Waals surface area (Å²) in [7, 11) is 0. The monoisotopic (exact) mass is 180 g/mol. The van der Waals surface area contributed by atoms with E-state index in [4.69, 9.17) is 5.84 Å². The molecule has 0 radical (unpaired) electrons. The molecule has 0 fully saturated rings. The Bertz CT molecular complexity index is 497. The molecule has 0 aliphatic rings. The molecule has 2 rings (SSSR count).